The minimum Gasteiger partial charge on any atom is -0.489 e. The molecular formula is C16H13ClO4. The predicted molar refractivity (Wildman–Crippen MR) is 78.5 cm³/mol. The molecule has 0 saturated carbocycles. The molecule has 5 heteroatoms. The third-order valence-corrected chi connectivity index (χ3v) is 3.56. The largest absolute Gasteiger partial charge is 0.489 e. The van der Waals surface area contributed by atoms with Crippen molar-refractivity contribution >= 4 is 17.6 Å². The van der Waals surface area contributed by atoms with E-state index in [1.54, 1.807) is 18.2 Å². The van der Waals surface area contributed by atoms with E-state index in [1.165, 1.54) is 7.11 Å². The summed E-state index contributed by atoms with van der Waals surface area (Å²) < 4.78 is 16.0. The first-order valence-corrected chi connectivity index (χ1v) is 6.87. The number of methoxy groups -OCH3 is 1. The number of hydrogen-bond donors (Lipinski definition) is 0. The third-order valence-electron chi connectivity index (χ3n) is 3.25. The molecule has 0 atom stereocenters. The maximum atomic E-state index is 11.5. The smallest absolute Gasteiger partial charge is 0.339 e. The summed E-state index contributed by atoms with van der Waals surface area (Å²) in [4.78, 5) is 11.5. The van der Waals surface area contributed by atoms with E-state index >= 15 is 0 Å². The Kier molecular flexibility index (Phi) is 3.71. The maximum absolute atomic E-state index is 11.5. The maximum Gasteiger partial charge on any atom is 0.339 e. The molecule has 1 aliphatic rings. The Labute approximate surface area is 127 Å². The van der Waals surface area contributed by atoms with Crippen LogP contribution in [0, 0.1) is 0 Å². The zero-order valence-corrected chi connectivity index (χ0v) is 12.1. The van der Waals surface area contributed by atoms with E-state index in [0.29, 0.717) is 23.7 Å². The van der Waals surface area contributed by atoms with Gasteiger partial charge in [-0.05, 0) is 18.2 Å². The van der Waals surface area contributed by atoms with E-state index in [1.807, 2.05) is 18.2 Å². The molecular weight excluding hydrogens is 292 g/mol. The van der Waals surface area contributed by atoms with Gasteiger partial charge < -0.3 is 14.2 Å². The molecule has 0 amide bonds. The first-order valence-electron chi connectivity index (χ1n) is 6.49. The Hall–Kier alpha value is -2.20. The highest BCUT2D eigenvalue weighted by atomic mass is 35.5. The number of para-hydroxylation sites is 1. The highest BCUT2D eigenvalue weighted by Crippen LogP contribution is 2.38. The predicted octanol–water partition coefficient (Wildman–Crippen LogP) is 3.85. The van der Waals surface area contributed by atoms with Crippen LogP contribution in [0.25, 0.3) is 0 Å². The van der Waals surface area contributed by atoms with E-state index in [9.17, 15) is 4.79 Å². The summed E-state index contributed by atoms with van der Waals surface area (Å²) in [7, 11) is 1.31. The lowest BCUT2D eigenvalue weighted by molar-refractivity contribution is 0.0601. The quantitative estimate of drug-likeness (QED) is 0.808. The Bertz CT molecular complexity index is 697. The topological polar surface area (TPSA) is 44.8 Å². The van der Waals surface area contributed by atoms with Crippen molar-refractivity contribution in [2.45, 2.75) is 6.42 Å². The van der Waals surface area contributed by atoms with E-state index in [-0.39, 0.29) is 5.02 Å². The Morgan fingerprint density at radius 1 is 1.29 bits per heavy atom. The summed E-state index contributed by atoms with van der Waals surface area (Å²) in [6, 6.07) is 10.6. The molecule has 108 valence electrons. The number of ether oxygens (including phenoxy) is 3. The standard InChI is InChI=1S/C16H13ClO4/c1-19-16(18)12-6-5-11(9-13(12)17)21-14-4-2-3-10-7-8-20-15(10)14/h2-6,9H,7-8H2,1H3. The summed E-state index contributed by atoms with van der Waals surface area (Å²) in [5, 5.41) is 0.285. The van der Waals surface area contributed by atoms with Gasteiger partial charge in [0.15, 0.2) is 11.5 Å². The van der Waals surface area contributed by atoms with E-state index in [0.717, 1.165) is 17.7 Å². The lowest BCUT2D eigenvalue weighted by Crippen LogP contribution is -2.02. The molecule has 0 aliphatic carbocycles. The molecule has 0 bridgehead atoms. The second kappa shape index (κ2) is 5.66. The minimum absolute atomic E-state index is 0.285. The fraction of sp³-hybridized carbons (Fsp3) is 0.188. The average Bonchev–Trinajstić information content (AvgIpc) is 2.96. The van der Waals surface area contributed by atoms with E-state index < -0.39 is 5.97 Å². The Morgan fingerprint density at radius 2 is 2.14 bits per heavy atom. The van der Waals surface area contributed by atoms with E-state index in [2.05, 4.69) is 4.74 Å². The average molecular weight is 305 g/mol. The summed E-state index contributed by atoms with van der Waals surface area (Å²) in [6.07, 6.45) is 0.883. The van der Waals surface area contributed by atoms with Gasteiger partial charge in [-0.3, -0.25) is 0 Å². The van der Waals surface area contributed by atoms with Gasteiger partial charge >= 0.3 is 5.97 Å². The number of benzene rings is 2. The minimum atomic E-state index is -0.476. The zero-order valence-electron chi connectivity index (χ0n) is 11.4. The molecule has 0 N–H and O–H groups in total. The number of halogens is 1. The van der Waals surface area contributed by atoms with Crippen LogP contribution in [-0.2, 0) is 11.2 Å². The molecule has 3 rings (SSSR count). The zero-order chi connectivity index (χ0) is 14.8. The van der Waals surface area contributed by atoms with Crippen LogP contribution in [0.3, 0.4) is 0 Å². The Balaban J connectivity index is 1.88. The first-order chi connectivity index (χ1) is 10.2. The normalized spacial score (nSPS) is 12.5. The lowest BCUT2D eigenvalue weighted by Gasteiger charge is -2.11. The van der Waals surface area contributed by atoms with Gasteiger partial charge in [-0.2, -0.15) is 0 Å². The van der Waals surface area contributed by atoms with Gasteiger partial charge in [-0.25, -0.2) is 4.79 Å². The van der Waals surface area contributed by atoms with Crippen LogP contribution < -0.4 is 9.47 Å². The number of esters is 1. The van der Waals surface area contributed by atoms with Gasteiger partial charge in [-0.1, -0.05) is 23.7 Å². The van der Waals surface area contributed by atoms with Crippen molar-refractivity contribution in [2.75, 3.05) is 13.7 Å². The monoisotopic (exact) mass is 304 g/mol. The number of carbonyl (C=O) groups is 1. The van der Waals surface area contributed by atoms with Crippen molar-refractivity contribution in [1.29, 1.82) is 0 Å². The number of rotatable bonds is 3. The lowest BCUT2D eigenvalue weighted by atomic mass is 10.1. The molecule has 0 radical (unpaired) electrons. The van der Waals surface area contributed by atoms with Crippen LogP contribution in [0.5, 0.6) is 17.2 Å². The second-order valence-electron chi connectivity index (χ2n) is 4.58. The van der Waals surface area contributed by atoms with E-state index in [4.69, 9.17) is 21.1 Å². The van der Waals surface area contributed by atoms with Crippen LogP contribution >= 0.6 is 11.6 Å². The van der Waals surface area contributed by atoms with Crippen molar-refractivity contribution in [1.82, 2.24) is 0 Å². The van der Waals surface area contributed by atoms with Crippen molar-refractivity contribution in [2.24, 2.45) is 0 Å². The Morgan fingerprint density at radius 3 is 2.90 bits per heavy atom. The molecule has 2 aromatic carbocycles. The van der Waals surface area contributed by atoms with Gasteiger partial charge in [0.25, 0.3) is 0 Å². The van der Waals surface area contributed by atoms with Gasteiger partial charge in [-0.15, -0.1) is 0 Å². The molecule has 0 saturated heterocycles. The van der Waals surface area contributed by atoms with Crippen molar-refractivity contribution < 1.29 is 19.0 Å². The highest BCUT2D eigenvalue weighted by Gasteiger charge is 2.18. The molecule has 0 aromatic heterocycles. The molecule has 0 spiro atoms. The molecule has 1 heterocycles. The molecule has 0 fully saturated rings. The molecule has 2 aromatic rings. The second-order valence-corrected chi connectivity index (χ2v) is 4.99. The van der Waals surface area contributed by atoms with Crippen LogP contribution in [0.15, 0.2) is 36.4 Å². The van der Waals surface area contributed by atoms with Crippen LogP contribution in [-0.4, -0.2) is 19.7 Å². The number of hydrogen-bond acceptors (Lipinski definition) is 4. The van der Waals surface area contributed by atoms with Crippen LogP contribution in [0.1, 0.15) is 15.9 Å². The molecule has 21 heavy (non-hydrogen) atoms. The molecule has 4 nitrogen and oxygen atoms in total. The van der Waals surface area contributed by atoms with Gasteiger partial charge in [0, 0.05) is 18.1 Å². The number of carbonyl (C=O) groups excluding carboxylic acids is 1. The fourth-order valence-corrected chi connectivity index (χ4v) is 2.47. The van der Waals surface area contributed by atoms with Crippen LogP contribution in [0.4, 0.5) is 0 Å². The van der Waals surface area contributed by atoms with Gasteiger partial charge in [0.1, 0.15) is 5.75 Å². The SMILES string of the molecule is COC(=O)c1ccc(Oc2cccc3c2OCC3)cc1Cl. The fourth-order valence-electron chi connectivity index (χ4n) is 2.23. The highest BCUT2D eigenvalue weighted by molar-refractivity contribution is 6.33. The summed E-state index contributed by atoms with van der Waals surface area (Å²) >= 11 is 6.07. The summed E-state index contributed by atoms with van der Waals surface area (Å²) in [5.41, 5.74) is 1.44. The van der Waals surface area contributed by atoms with Crippen molar-refractivity contribution in [3.63, 3.8) is 0 Å². The molecule has 1 aliphatic heterocycles. The van der Waals surface area contributed by atoms with Crippen molar-refractivity contribution in [3.05, 3.63) is 52.5 Å². The summed E-state index contributed by atoms with van der Waals surface area (Å²) in [5.74, 6) is 1.48. The van der Waals surface area contributed by atoms with Crippen LogP contribution in [0.2, 0.25) is 5.02 Å². The van der Waals surface area contributed by atoms with Crippen molar-refractivity contribution in [3.8, 4) is 17.2 Å². The third kappa shape index (κ3) is 2.67. The van der Waals surface area contributed by atoms with Gasteiger partial charge in [0.2, 0.25) is 0 Å². The summed E-state index contributed by atoms with van der Waals surface area (Å²) in [6.45, 7) is 0.664. The first kappa shape index (κ1) is 13.8. The van der Waals surface area contributed by atoms with Gasteiger partial charge in [0.05, 0.1) is 24.3 Å². The number of fused-ring (bicyclic) bond motifs is 1. The molecule has 0 unspecified atom stereocenters.